The molecule has 0 radical (unpaired) electrons. The molecule has 192 valence electrons. The van der Waals surface area contributed by atoms with Crippen molar-refractivity contribution in [2.24, 2.45) is 0 Å². The van der Waals surface area contributed by atoms with Gasteiger partial charge in [0.15, 0.2) is 0 Å². The van der Waals surface area contributed by atoms with E-state index in [0.717, 1.165) is 16.7 Å². The molecule has 1 aromatic heterocycles. The highest BCUT2D eigenvalue weighted by atomic mass is 16.6. The number of nitrogens with one attached hydrogen (secondary N) is 1. The van der Waals surface area contributed by atoms with Gasteiger partial charge in [-0.1, -0.05) is 60.7 Å². The van der Waals surface area contributed by atoms with E-state index in [2.05, 4.69) is 10.3 Å². The fourth-order valence-electron chi connectivity index (χ4n) is 4.24. The van der Waals surface area contributed by atoms with Gasteiger partial charge in [-0.3, -0.25) is 9.69 Å². The Morgan fingerprint density at radius 2 is 1.70 bits per heavy atom. The number of benzene rings is 2. The molecule has 1 aliphatic heterocycles. The number of esters is 1. The molecule has 0 unspecified atom stereocenters. The minimum absolute atomic E-state index is 0.0847. The first-order valence-electron chi connectivity index (χ1n) is 11.9. The second-order valence-corrected chi connectivity index (χ2v) is 8.65. The summed E-state index contributed by atoms with van der Waals surface area (Å²) < 4.78 is 15.6. The lowest BCUT2D eigenvalue weighted by Crippen LogP contribution is -2.56. The number of carbonyl (C=O) groups excluding carboxylic acids is 3. The SMILES string of the molecule is COC(=O)[C@@H](Cc1ccc(OC)nc1)NC(=O)[C@@H]1Cc2ccccc2CN1C(=O)OCc1ccccc1. The predicted molar refractivity (Wildman–Crippen MR) is 135 cm³/mol. The summed E-state index contributed by atoms with van der Waals surface area (Å²) in [5.74, 6) is -0.630. The number of fused-ring (bicyclic) bond motifs is 1. The molecule has 2 heterocycles. The maximum Gasteiger partial charge on any atom is 0.411 e. The molecule has 2 aromatic carbocycles. The van der Waals surface area contributed by atoms with Gasteiger partial charge in [-0.2, -0.15) is 0 Å². The Hall–Kier alpha value is -4.40. The van der Waals surface area contributed by atoms with Gasteiger partial charge in [-0.05, 0) is 22.3 Å². The number of aromatic nitrogens is 1. The fraction of sp³-hybridized carbons (Fsp3) is 0.286. The van der Waals surface area contributed by atoms with E-state index in [1.165, 1.54) is 19.1 Å². The van der Waals surface area contributed by atoms with Gasteiger partial charge in [-0.15, -0.1) is 0 Å². The molecule has 0 aliphatic carbocycles. The zero-order chi connectivity index (χ0) is 26.2. The normalized spacial score (nSPS) is 15.2. The number of ether oxygens (including phenoxy) is 3. The molecule has 9 nitrogen and oxygen atoms in total. The van der Waals surface area contributed by atoms with E-state index in [1.807, 2.05) is 54.6 Å². The maximum atomic E-state index is 13.5. The molecule has 3 aromatic rings. The van der Waals surface area contributed by atoms with E-state index in [0.29, 0.717) is 17.9 Å². The number of carbonyl (C=O) groups is 3. The van der Waals surface area contributed by atoms with E-state index in [4.69, 9.17) is 14.2 Å². The third-order valence-corrected chi connectivity index (χ3v) is 6.24. The lowest BCUT2D eigenvalue weighted by molar-refractivity contribution is -0.145. The number of rotatable bonds is 8. The van der Waals surface area contributed by atoms with Gasteiger partial charge >= 0.3 is 12.1 Å². The van der Waals surface area contributed by atoms with Crippen molar-refractivity contribution in [3.63, 3.8) is 0 Å². The predicted octanol–water partition coefficient (Wildman–Crippen LogP) is 3.05. The Labute approximate surface area is 215 Å². The van der Waals surface area contributed by atoms with E-state index in [9.17, 15) is 14.4 Å². The van der Waals surface area contributed by atoms with Crippen LogP contribution < -0.4 is 10.1 Å². The number of hydrogen-bond donors (Lipinski definition) is 1. The highest BCUT2D eigenvalue weighted by Gasteiger charge is 2.37. The highest BCUT2D eigenvalue weighted by molar-refractivity contribution is 5.90. The fourth-order valence-corrected chi connectivity index (χ4v) is 4.24. The zero-order valence-corrected chi connectivity index (χ0v) is 20.8. The largest absolute Gasteiger partial charge is 0.481 e. The van der Waals surface area contributed by atoms with Crippen molar-refractivity contribution in [3.05, 3.63) is 95.2 Å². The molecule has 2 amide bonds. The van der Waals surface area contributed by atoms with Crippen LogP contribution in [0.2, 0.25) is 0 Å². The van der Waals surface area contributed by atoms with Gasteiger partial charge in [-0.25, -0.2) is 14.6 Å². The van der Waals surface area contributed by atoms with Gasteiger partial charge < -0.3 is 19.5 Å². The van der Waals surface area contributed by atoms with E-state index < -0.39 is 30.1 Å². The van der Waals surface area contributed by atoms with E-state index in [-0.39, 0.29) is 19.6 Å². The molecule has 0 bridgehead atoms. The van der Waals surface area contributed by atoms with Crippen LogP contribution in [0.1, 0.15) is 22.3 Å². The number of hydrogen-bond acceptors (Lipinski definition) is 7. The van der Waals surface area contributed by atoms with Crippen LogP contribution in [0.5, 0.6) is 5.88 Å². The lowest BCUT2D eigenvalue weighted by atomic mass is 9.93. The molecular weight excluding hydrogens is 474 g/mol. The average Bonchev–Trinajstić information content (AvgIpc) is 2.95. The summed E-state index contributed by atoms with van der Waals surface area (Å²) in [5.41, 5.74) is 3.46. The third-order valence-electron chi connectivity index (χ3n) is 6.24. The van der Waals surface area contributed by atoms with Crippen molar-refractivity contribution in [2.75, 3.05) is 14.2 Å². The molecule has 0 saturated carbocycles. The third kappa shape index (κ3) is 6.43. The minimum atomic E-state index is -0.966. The molecule has 0 saturated heterocycles. The molecule has 2 atom stereocenters. The summed E-state index contributed by atoms with van der Waals surface area (Å²) in [4.78, 5) is 44.8. The maximum absolute atomic E-state index is 13.5. The molecule has 0 spiro atoms. The summed E-state index contributed by atoms with van der Waals surface area (Å²) >= 11 is 0. The number of nitrogens with zero attached hydrogens (tertiary/aromatic N) is 2. The molecule has 0 fully saturated rings. The van der Waals surface area contributed by atoms with Crippen LogP contribution in [-0.4, -0.2) is 54.2 Å². The van der Waals surface area contributed by atoms with Crippen LogP contribution in [0.3, 0.4) is 0 Å². The second-order valence-electron chi connectivity index (χ2n) is 8.65. The van der Waals surface area contributed by atoms with Crippen molar-refractivity contribution in [3.8, 4) is 5.88 Å². The first kappa shape index (κ1) is 25.7. The first-order chi connectivity index (χ1) is 18.0. The van der Waals surface area contributed by atoms with Crippen molar-refractivity contribution < 1.29 is 28.6 Å². The second kappa shape index (κ2) is 12.0. The average molecular weight is 504 g/mol. The van der Waals surface area contributed by atoms with Crippen LogP contribution in [0.25, 0.3) is 0 Å². The van der Waals surface area contributed by atoms with Gasteiger partial charge in [0.25, 0.3) is 0 Å². The van der Waals surface area contributed by atoms with Gasteiger partial charge in [0, 0.05) is 25.1 Å². The Kier molecular flexibility index (Phi) is 8.35. The molecular formula is C28H29N3O6. The zero-order valence-electron chi connectivity index (χ0n) is 20.8. The summed E-state index contributed by atoms with van der Waals surface area (Å²) in [5, 5.41) is 2.78. The smallest absolute Gasteiger partial charge is 0.411 e. The van der Waals surface area contributed by atoms with Crippen molar-refractivity contribution in [2.45, 2.75) is 38.1 Å². The first-order valence-corrected chi connectivity index (χ1v) is 11.9. The summed E-state index contributed by atoms with van der Waals surface area (Å²) in [6.07, 6.45) is 1.43. The Balaban J connectivity index is 1.52. The highest BCUT2D eigenvalue weighted by Crippen LogP contribution is 2.25. The van der Waals surface area contributed by atoms with E-state index in [1.54, 1.807) is 18.3 Å². The van der Waals surface area contributed by atoms with Crippen molar-refractivity contribution in [1.82, 2.24) is 15.2 Å². The quantitative estimate of drug-likeness (QED) is 0.471. The molecule has 9 heteroatoms. The van der Waals surface area contributed by atoms with Crippen LogP contribution in [0.15, 0.2) is 72.9 Å². The van der Waals surface area contributed by atoms with Crippen LogP contribution in [-0.2, 0) is 45.1 Å². The summed E-state index contributed by atoms with van der Waals surface area (Å²) in [7, 11) is 2.77. The molecule has 1 N–H and O–H groups in total. The minimum Gasteiger partial charge on any atom is -0.481 e. The van der Waals surface area contributed by atoms with E-state index >= 15 is 0 Å². The molecule has 1 aliphatic rings. The Morgan fingerprint density at radius 1 is 0.973 bits per heavy atom. The summed E-state index contributed by atoms with van der Waals surface area (Å²) in [6.45, 7) is 0.300. The standard InChI is InChI=1S/C28H29N3O6/c1-35-25-13-12-20(16-29-25)14-23(27(33)36-2)30-26(32)24-15-21-10-6-7-11-22(21)17-31(24)28(34)37-18-19-8-4-3-5-9-19/h3-13,16,23-24H,14-15,17-18H2,1-2H3,(H,30,32)/t23-,24+/m1/s1. The summed E-state index contributed by atoms with van der Waals surface area (Å²) in [6, 6.07) is 18.6. The number of pyridine rings is 1. The van der Waals surface area contributed by atoms with Crippen molar-refractivity contribution in [1.29, 1.82) is 0 Å². The number of amides is 2. The molecule has 37 heavy (non-hydrogen) atoms. The Bertz CT molecular complexity index is 1230. The lowest BCUT2D eigenvalue weighted by Gasteiger charge is -2.35. The molecule has 4 rings (SSSR count). The number of methoxy groups -OCH3 is 2. The van der Waals surface area contributed by atoms with Crippen LogP contribution in [0.4, 0.5) is 4.79 Å². The van der Waals surface area contributed by atoms with Gasteiger partial charge in [0.1, 0.15) is 18.7 Å². The topological polar surface area (TPSA) is 107 Å². The van der Waals surface area contributed by atoms with Crippen LogP contribution in [0, 0.1) is 0 Å². The van der Waals surface area contributed by atoms with Crippen molar-refractivity contribution >= 4 is 18.0 Å². The monoisotopic (exact) mass is 503 g/mol. The Morgan fingerprint density at radius 3 is 2.38 bits per heavy atom. The van der Waals surface area contributed by atoms with Gasteiger partial charge in [0.05, 0.1) is 20.8 Å². The van der Waals surface area contributed by atoms with Crippen LogP contribution >= 0.6 is 0 Å². The van der Waals surface area contributed by atoms with Gasteiger partial charge in [0.2, 0.25) is 11.8 Å².